The number of urea groups is 1. The number of rotatable bonds is 7. The quantitative estimate of drug-likeness (QED) is 0.455. The predicted molar refractivity (Wildman–Crippen MR) is 140 cm³/mol. The fourth-order valence-corrected chi connectivity index (χ4v) is 4.72. The number of β-lactam (4-membered cyclic amide) rings is 1. The number of likely N-dealkylation sites (tertiary alicyclic amines) is 1. The van der Waals surface area contributed by atoms with Crippen molar-refractivity contribution in [2.45, 2.75) is 38.8 Å². The number of halogens is 1. The van der Waals surface area contributed by atoms with E-state index in [4.69, 9.17) is 17.3 Å². The van der Waals surface area contributed by atoms with Crippen molar-refractivity contribution >= 4 is 41.2 Å². The molecule has 0 saturated carbocycles. The lowest BCUT2D eigenvalue weighted by Crippen LogP contribution is -2.70. The van der Waals surface area contributed by atoms with Crippen molar-refractivity contribution < 1.29 is 14.4 Å². The second kappa shape index (κ2) is 10.9. The third-order valence-corrected chi connectivity index (χ3v) is 6.55. The summed E-state index contributed by atoms with van der Waals surface area (Å²) in [6, 6.07) is 10.2. The van der Waals surface area contributed by atoms with Gasteiger partial charge in [0.1, 0.15) is 11.9 Å². The van der Waals surface area contributed by atoms with Crippen LogP contribution in [-0.2, 0) is 16.0 Å². The number of carbonyl (C=O) groups excluding carboxylic acids is 3. The average Bonchev–Trinajstić information content (AvgIpc) is 2.87. The number of amides is 4. The highest BCUT2D eigenvalue weighted by molar-refractivity contribution is 6.30. The minimum Gasteiger partial charge on any atom is -0.384 e. The first-order valence-corrected chi connectivity index (χ1v) is 12.2. The van der Waals surface area contributed by atoms with Gasteiger partial charge in [-0.2, -0.15) is 0 Å². The normalized spacial score (nSPS) is 17.6. The molecule has 1 unspecified atom stereocenters. The molecule has 3 heterocycles. The molecule has 2 aromatic heterocycles. The summed E-state index contributed by atoms with van der Waals surface area (Å²) in [5.41, 5.74) is 8.14. The van der Waals surface area contributed by atoms with E-state index in [-0.39, 0.29) is 12.4 Å². The third-order valence-electron chi connectivity index (χ3n) is 6.31. The Kier molecular flexibility index (Phi) is 7.68. The summed E-state index contributed by atoms with van der Waals surface area (Å²) in [4.78, 5) is 54.9. The van der Waals surface area contributed by atoms with Crippen LogP contribution in [0.3, 0.4) is 0 Å². The third kappa shape index (κ3) is 5.54. The maximum Gasteiger partial charge on any atom is 0.325 e. The number of hydrogen-bond acceptors (Lipinski definition) is 7. The van der Waals surface area contributed by atoms with Gasteiger partial charge in [0, 0.05) is 30.2 Å². The summed E-state index contributed by atoms with van der Waals surface area (Å²) in [6.07, 6.45) is 3.81. The molecule has 1 aliphatic heterocycles. The number of nitrogens with two attached hydrogens (primary N) is 1. The lowest BCUT2D eigenvalue weighted by Gasteiger charge is -2.45. The largest absolute Gasteiger partial charge is 0.384 e. The van der Waals surface area contributed by atoms with Gasteiger partial charge in [-0.15, -0.1) is 0 Å². The monoisotopic (exact) mass is 521 g/mol. The molecule has 192 valence electrons. The maximum absolute atomic E-state index is 13.6. The number of carbonyl (C=O) groups is 3. The smallest absolute Gasteiger partial charge is 0.325 e. The van der Waals surface area contributed by atoms with E-state index in [0.717, 1.165) is 16.0 Å². The Morgan fingerprint density at radius 2 is 1.92 bits per heavy atom. The average molecular weight is 522 g/mol. The molecule has 0 radical (unpaired) electrons. The van der Waals surface area contributed by atoms with Crippen molar-refractivity contribution in [3.05, 3.63) is 76.7 Å². The van der Waals surface area contributed by atoms with Crippen LogP contribution in [0.15, 0.2) is 54.9 Å². The van der Waals surface area contributed by atoms with Crippen LogP contribution in [0.25, 0.3) is 0 Å². The lowest BCUT2D eigenvalue weighted by atomic mass is 9.81. The molecule has 4 rings (SSSR count). The van der Waals surface area contributed by atoms with Crippen LogP contribution in [0.4, 0.5) is 16.6 Å². The van der Waals surface area contributed by atoms with Gasteiger partial charge in [-0.1, -0.05) is 30.7 Å². The molecule has 3 aromatic rings. The minimum absolute atomic E-state index is 0.167. The van der Waals surface area contributed by atoms with Gasteiger partial charge in [0.25, 0.3) is 5.91 Å². The maximum atomic E-state index is 13.6. The lowest BCUT2D eigenvalue weighted by molar-refractivity contribution is -0.156. The van der Waals surface area contributed by atoms with Crippen molar-refractivity contribution in [2.75, 3.05) is 17.7 Å². The van der Waals surface area contributed by atoms with Crippen LogP contribution in [0, 0.1) is 12.8 Å². The Labute approximate surface area is 219 Å². The number of aromatic nitrogens is 3. The first-order valence-electron chi connectivity index (χ1n) is 11.9. The van der Waals surface area contributed by atoms with Crippen LogP contribution in [0.1, 0.15) is 36.2 Å². The zero-order chi connectivity index (χ0) is 26.7. The molecule has 0 bridgehead atoms. The molecule has 0 spiro atoms. The molecule has 4 amide bonds. The van der Waals surface area contributed by atoms with E-state index in [2.05, 4.69) is 20.3 Å². The summed E-state index contributed by atoms with van der Waals surface area (Å²) >= 11 is 6.13. The highest BCUT2D eigenvalue weighted by Crippen LogP contribution is 2.33. The molecule has 0 aliphatic carbocycles. The van der Waals surface area contributed by atoms with Gasteiger partial charge >= 0.3 is 6.03 Å². The van der Waals surface area contributed by atoms with Crippen LogP contribution < -0.4 is 16.0 Å². The van der Waals surface area contributed by atoms with Crippen LogP contribution in [-0.4, -0.2) is 50.8 Å². The summed E-state index contributed by atoms with van der Waals surface area (Å²) < 4.78 is 0. The van der Waals surface area contributed by atoms with E-state index in [1.165, 1.54) is 24.3 Å². The fourth-order valence-electron chi connectivity index (χ4n) is 4.52. The van der Waals surface area contributed by atoms with E-state index in [9.17, 15) is 14.4 Å². The number of likely N-dealkylation sites (N-methyl/N-ethyl adjacent to an activating group) is 1. The number of imide groups is 1. The van der Waals surface area contributed by atoms with E-state index >= 15 is 0 Å². The number of nitrogens with zero attached hydrogens (tertiary/aromatic N) is 5. The molecule has 1 fully saturated rings. The molecule has 1 saturated heterocycles. The highest BCUT2D eigenvalue weighted by Gasteiger charge is 2.55. The molecule has 1 aromatic carbocycles. The zero-order valence-corrected chi connectivity index (χ0v) is 21.5. The van der Waals surface area contributed by atoms with Gasteiger partial charge in [-0.05, 0) is 61.2 Å². The van der Waals surface area contributed by atoms with Crippen LogP contribution in [0.2, 0.25) is 5.02 Å². The predicted octanol–water partition coefficient (Wildman–Crippen LogP) is 3.31. The SMILES string of the molecule is CCC(NC(=O)N1C(=O)[C@H](Cc2cc(C)nc(N)c2)[C@H]1C(=O)N(C)c1ncccn1)c1cccc(Cl)c1. The van der Waals surface area contributed by atoms with E-state index in [0.29, 0.717) is 23.0 Å². The Morgan fingerprint density at radius 3 is 2.57 bits per heavy atom. The van der Waals surface area contributed by atoms with Gasteiger partial charge in [0.05, 0.1) is 12.0 Å². The number of pyridine rings is 1. The Morgan fingerprint density at radius 1 is 1.19 bits per heavy atom. The first-order chi connectivity index (χ1) is 17.7. The molecular formula is C26H28ClN7O3. The number of benzene rings is 1. The first kappa shape index (κ1) is 26.0. The summed E-state index contributed by atoms with van der Waals surface area (Å²) in [5.74, 6) is -1.20. The van der Waals surface area contributed by atoms with E-state index in [1.807, 2.05) is 19.1 Å². The zero-order valence-electron chi connectivity index (χ0n) is 20.8. The fraction of sp³-hybridized carbons (Fsp3) is 0.308. The molecule has 11 heteroatoms. The highest BCUT2D eigenvalue weighted by atomic mass is 35.5. The molecule has 1 aliphatic rings. The molecule has 37 heavy (non-hydrogen) atoms. The van der Waals surface area contributed by atoms with Crippen molar-refractivity contribution in [1.82, 2.24) is 25.2 Å². The Bertz CT molecular complexity index is 1300. The number of aryl methyl sites for hydroxylation is 1. The van der Waals surface area contributed by atoms with Gasteiger partial charge < -0.3 is 11.1 Å². The number of hydrogen-bond donors (Lipinski definition) is 2. The van der Waals surface area contributed by atoms with Crippen molar-refractivity contribution in [3.63, 3.8) is 0 Å². The van der Waals surface area contributed by atoms with Gasteiger partial charge in [-0.25, -0.2) is 19.7 Å². The van der Waals surface area contributed by atoms with Crippen molar-refractivity contribution in [1.29, 1.82) is 0 Å². The van der Waals surface area contributed by atoms with Crippen LogP contribution >= 0.6 is 11.6 Å². The summed E-state index contributed by atoms with van der Waals surface area (Å²) in [6.45, 7) is 3.71. The summed E-state index contributed by atoms with van der Waals surface area (Å²) in [5, 5.41) is 3.42. The van der Waals surface area contributed by atoms with Crippen molar-refractivity contribution in [2.24, 2.45) is 5.92 Å². The van der Waals surface area contributed by atoms with Gasteiger partial charge in [0.2, 0.25) is 11.9 Å². The van der Waals surface area contributed by atoms with E-state index < -0.39 is 35.8 Å². The Balaban J connectivity index is 1.61. The van der Waals surface area contributed by atoms with E-state index in [1.54, 1.807) is 37.3 Å². The molecule has 3 atom stereocenters. The topological polar surface area (TPSA) is 134 Å². The number of anilines is 2. The van der Waals surface area contributed by atoms with Gasteiger partial charge in [0.15, 0.2) is 0 Å². The number of nitrogens with one attached hydrogen (secondary N) is 1. The second-order valence-electron chi connectivity index (χ2n) is 8.92. The van der Waals surface area contributed by atoms with Crippen LogP contribution in [0.5, 0.6) is 0 Å². The molecular weight excluding hydrogens is 494 g/mol. The summed E-state index contributed by atoms with van der Waals surface area (Å²) in [7, 11) is 1.52. The number of nitrogen functional groups attached to an aromatic ring is 1. The molecule has 10 nitrogen and oxygen atoms in total. The minimum atomic E-state index is -1.05. The van der Waals surface area contributed by atoms with Crippen molar-refractivity contribution in [3.8, 4) is 0 Å². The molecule has 3 N–H and O–H groups in total. The standard InChI is InChI=1S/C26H28ClN7O3/c1-4-20(17-7-5-8-18(27)14-17)32-26(37)34-22(24(36)33(3)25-29-9-6-10-30-25)19(23(34)35)12-16-11-15(2)31-21(28)13-16/h5-11,13-14,19-20,22H,4,12H2,1-3H3,(H2,28,31)(H,32,37)/t19-,20?,22+/m1/s1. The van der Waals surface area contributed by atoms with Gasteiger partial charge in [-0.3, -0.25) is 19.4 Å². The second-order valence-corrected chi connectivity index (χ2v) is 9.35. The Hall–Kier alpha value is -4.05.